The third-order valence-electron chi connectivity index (χ3n) is 4.20. The number of rotatable bonds is 0. The van der Waals surface area contributed by atoms with Gasteiger partial charge in [0.1, 0.15) is 0 Å². The molecule has 0 N–H and O–H groups in total. The average Bonchev–Trinajstić information content (AvgIpc) is 1.87. The molecule has 0 radical (unpaired) electrons. The minimum absolute atomic E-state index is 0.706. The van der Waals surface area contributed by atoms with Crippen LogP contribution in [0.5, 0.6) is 0 Å². The van der Waals surface area contributed by atoms with E-state index in [0.29, 0.717) is 5.41 Å². The van der Waals surface area contributed by atoms with E-state index in [0.717, 1.165) is 17.8 Å². The van der Waals surface area contributed by atoms with Crippen molar-refractivity contribution in [2.45, 2.75) is 40.0 Å². The minimum Gasteiger partial charge on any atom is -0.0622 e. The standard InChI is InChI=1S/C10H18/c1-7-4-5-8-6-9(7)10(8,2)3/h7-9H,4-6H2,1-3H3/t7?,8-,9-/m1/s1. The van der Waals surface area contributed by atoms with Crippen LogP contribution in [-0.4, -0.2) is 0 Å². The van der Waals surface area contributed by atoms with Crippen molar-refractivity contribution in [2.24, 2.45) is 23.2 Å². The van der Waals surface area contributed by atoms with Crippen LogP contribution in [0.1, 0.15) is 40.0 Å². The molecule has 0 saturated heterocycles. The second-order valence-electron chi connectivity index (χ2n) is 4.92. The molecule has 0 aromatic carbocycles. The van der Waals surface area contributed by atoms with Gasteiger partial charge >= 0.3 is 0 Å². The van der Waals surface area contributed by atoms with Gasteiger partial charge in [0.05, 0.1) is 0 Å². The van der Waals surface area contributed by atoms with Crippen LogP contribution < -0.4 is 0 Å². The highest BCUT2D eigenvalue weighted by Gasteiger charge is 2.52. The first kappa shape index (κ1) is 6.69. The zero-order valence-corrected chi connectivity index (χ0v) is 7.35. The normalized spacial score (nSPS) is 50.1. The van der Waals surface area contributed by atoms with E-state index < -0.39 is 0 Å². The molecule has 0 amide bonds. The molecule has 0 heterocycles. The summed E-state index contributed by atoms with van der Waals surface area (Å²) in [4.78, 5) is 0. The van der Waals surface area contributed by atoms with E-state index >= 15 is 0 Å². The van der Waals surface area contributed by atoms with E-state index in [1.54, 1.807) is 0 Å². The van der Waals surface area contributed by atoms with Gasteiger partial charge in [-0.25, -0.2) is 0 Å². The Bertz CT molecular complexity index is 144. The Hall–Kier alpha value is 0. The highest BCUT2D eigenvalue weighted by Crippen LogP contribution is 2.61. The molecular formula is C10H18. The van der Waals surface area contributed by atoms with E-state index in [9.17, 15) is 0 Å². The summed E-state index contributed by atoms with van der Waals surface area (Å²) in [5, 5.41) is 0. The fourth-order valence-corrected chi connectivity index (χ4v) is 3.18. The summed E-state index contributed by atoms with van der Waals surface area (Å²) in [5.41, 5.74) is 0.706. The summed E-state index contributed by atoms with van der Waals surface area (Å²) in [6, 6.07) is 0. The summed E-state index contributed by atoms with van der Waals surface area (Å²) in [5.74, 6) is 3.15. The molecule has 3 saturated carbocycles. The van der Waals surface area contributed by atoms with Crippen LogP contribution in [0.25, 0.3) is 0 Å². The van der Waals surface area contributed by atoms with Crippen LogP contribution in [0.2, 0.25) is 0 Å². The van der Waals surface area contributed by atoms with Gasteiger partial charge in [0.2, 0.25) is 0 Å². The predicted octanol–water partition coefficient (Wildman–Crippen LogP) is 3.08. The molecule has 3 atom stereocenters. The highest BCUT2D eigenvalue weighted by molar-refractivity contribution is 5.01. The maximum atomic E-state index is 2.46. The lowest BCUT2D eigenvalue weighted by Gasteiger charge is -2.59. The third-order valence-corrected chi connectivity index (χ3v) is 4.20. The van der Waals surface area contributed by atoms with Crippen molar-refractivity contribution >= 4 is 0 Å². The molecule has 10 heavy (non-hydrogen) atoms. The largest absolute Gasteiger partial charge is 0.0622 e. The minimum atomic E-state index is 0.706. The lowest BCUT2D eigenvalue weighted by Crippen LogP contribution is -2.51. The maximum absolute atomic E-state index is 2.46. The molecule has 0 spiro atoms. The van der Waals surface area contributed by atoms with Crippen LogP contribution in [0.15, 0.2) is 0 Å². The Morgan fingerprint density at radius 3 is 2.20 bits per heavy atom. The Balaban J connectivity index is 2.16. The molecule has 2 bridgehead atoms. The molecular weight excluding hydrogens is 120 g/mol. The Morgan fingerprint density at radius 2 is 1.90 bits per heavy atom. The van der Waals surface area contributed by atoms with E-state index in [-0.39, 0.29) is 0 Å². The van der Waals surface area contributed by atoms with Crippen LogP contribution >= 0.6 is 0 Å². The van der Waals surface area contributed by atoms with Crippen LogP contribution in [0.3, 0.4) is 0 Å². The van der Waals surface area contributed by atoms with Crippen molar-refractivity contribution in [2.75, 3.05) is 0 Å². The van der Waals surface area contributed by atoms with E-state index in [4.69, 9.17) is 0 Å². The Labute approximate surface area is 64.0 Å². The van der Waals surface area contributed by atoms with Gasteiger partial charge in [-0.1, -0.05) is 27.2 Å². The fraction of sp³-hybridized carbons (Fsp3) is 1.00. The van der Waals surface area contributed by atoms with E-state index in [1.807, 2.05) is 0 Å². The second-order valence-corrected chi connectivity index (χ2v) is 4.92. The topological polar surface area (TPSA) is 0 Å². The summed E-state index contributed by atoms with van der Waals surface area (Å²) < 4.78 is 0. The van der Waals surface area contributed by atoms with Gasteiger partial charge in [0.25, 0.3) is 0 Å². The first-order chi connectivity index (χ1) is 4.62. The fourth-order valence-electron chi connectivity index (χ4n) is 3.18. The maximum Gasteiger partial charge on any atom is -0.0295 e. The Kier molecular flexibility index (Phi) is 1.19. The van der Waals surface area contributed by atoms with Gasteiger partial charge in [-0.3, -0.25) is 0 Å². The zero-order chi connectivity index (χ0) is 7.35. The number of hydrogen-bond donors (Lipinski definition) is 0. The van der Waals surface area contributed by atoms with Crippen LogP contribution in [-0.2, 0) is 0 Å². The molecule has 0 heteroatoms. The first-order valence-electron chi connectivity index (χ1n) is 4.62. The summed E-state index contributed by atoms with van der Waals surface area (Å²) in [7, 11) is 0. The van der Waals surface area contributed by atoms with Gasteiger partial charge in [-0.2, -0.15) is 0 Å². The Morgan fingerprint density at radius 1 is 1.20 bits per heavy atom. The molecule has 1 unspecified atom stereocenters. The van der Waals surface area contributed by atoms with E-state index in [1.165, 1.54) is 19.3 Å². The lowest BCUT2D eigenvalue weighted by molar-refractivity contribution is -0.0988. The molecule has 3 fully saturated rings. The predicted molar refractivity (Wildman–Crippen MR) is 43.8 cm³/mol. The zero-order valence-electron chi connectivity index (χ0n) is 7.35. The van der Waals surface area contributed by atoms with Gasteiger partial charge in [0.15, 0.2) is 0 Å². The van der Waals surface area contributed by atoms with Crippen molar-refractivity contribution in [3.63, 3.8) is 0 Å². The van der Waals surface area contributed by atoms with Crippen molar-refractivity contribution < 1.29 is 0 Å². The highest BCUT2D eigenvalue weighted by atomic mass is 14.6. The van der Waals surface area contributed by atoms with Gasteiger partial charge in [-0.05, 0) is 36.0 Å². The molecule has 58 valence electrons. The van der Waals surface area contributed by atoms with Crippen molar-refractivity contribution in [3.8, 4) is 0 Å². The molecule has 0 nitrogen and oxygen atoms in total. The van der Waals surface area contributed by atoms with E-state index in [2.05, 4.69) is 20.8 Å². The second kappa shape index (κ2) is 1.78. The molecule has 0 aromatic heterocycles. The van der Waals surface area contributed by atoms with Crippen LogP contribution in [0.4, 0.5) is 0 Å². The molecule has 0 aliphatic heterocycles. The number of hydrogen-bond acceptors (Lipinski definition) is 0. The first-order valence-corrected chi connectivity index (χ1v) is 4.62. The summed E-state index contributed by atoms with van der Waals surface area (Å²) in [6.45, 7) is 7.35. The molecule has 3 rings (SSSR count). The van der Waals surface area contributed by atoms with Gasteiger partial charge in [-0.15, -0.1) is 0 Å². The van der Waals surface area contributed by atoms with Crippen molar-refractivity contribution in [1.29, 1.82) is 0 Å². The van der Waals surface area contributed by atoms with Crippen molar-refractivity contribution in [3.05, 3.63) is 0 Å². The molecule has 3 aliphatic rings. The lowest BCUT2D eigenvalue weighted by atomic mass is 9.46. The molecule has 0 aromatic rings. The SMILES string of the molecule is CC1CC[C@@H]2C[C@H]1C2(C)C. The van der Waals surface area contributed by atoms with Gasteiger partial charge < -0.3 is 0 Å². The van der Waals surface area contributed by atoms with Crippen molar-refractivity contribution in [1.82, 2.24) is 0 Å². The quantitative estimate of drug-likeness (QED) is 0.482. The average molecular weight is 138 g/mol. The monoisotopic (exact) mass is 138 g/mol. The third kappa shape index (κ3) is 0.627. The summed E-state index contributed by atoms with van der Waals surface area (Å²) >= 11 is 0. The van der Waals surface area contributed by atoms with Crippen LogP contribution in [0, 0.1) is 23.2 Å². The smallest absolute Gasteiger partial charge is 0.0295 e. The summed E-state index contributed by atoms with van der Waals surface area (Å²) in [6.07, 6.45) is 4.54. The molecule has 3 aliphatic carbocycles. The number of fused-ring (bicyclic) bond motifs is 2. The van der Waals surface area contributed by atoms with Gasteiger partial charge in [0, 0.05) is 0 Å².